The van der Waals surface area contributed by atoms with Gasteiger partial charge in [0.1, 0.15) is 6.26 Å². The minimum Gasteiger partial charge on any atom is -0.345 e. The molecular formula is C11H22O2S. The first-order chi connectivity index (χ1) is 6.85. The maximum absolute atomic E-state index is 5.09. The second-order valence-corrected chi connectivity index (χ2v) is 4.05. The first-order valence-corrected chi connectivity index (χ1v) is 6.60. The summed E-state index contributed by atoms with van der Waals surface area (Å²) in [6.45, 7) is 5.11. The third-order valence-electron chi connectivity index (χ3n) is 2.16. The third-order valence-corrected chi connectivity index (χ3v) is 2.55. The van der Waals surface area contributed by atoms with Crippen molar-refractivity contribution in [1.82, 2.24) is 0 Å². The second-order valence-electron chi connectivity index (χ2n) is 3.31. The van der Waals surface area contributed by atoms with Gasteiger partial charge in [-0.1, -0.05) is 33.1 Å². The molecule has 0 saturated heterocycles. The Labute approximate surface area is 92.0 Å². The zero-order chi connectivity index (χ0) is 10.6. The maximum Gasteiger partial charge on any atom is 0.135 e. The van der Waals surface area contributed by atoms with Crippen LogP contribution in [0.2, 0.25) is 0 Å². The first-order valence-electron chi connectivity index (χ1n) is 5.31. The lowest BCUT2D eigenvalue weighted by atomic mass is 10.0. The van der Waals surface area contributed by atoms with E-state index in [1.54, 1.807) is 18.0 Å². The number of unbranched alkanes of at least 4 members (excludes halogenated alkanes) is 1. The summed E-state index contributed by atoms with van der Waals surface area (Å²) >= 11 is 1.59. The molecule has 0 spiro atoms. The Balaban J connectivity index is 3.37. The summed E-state index contributed by atoms with van der Waals surface area (Å²) < 4.78 is 0. The molecule has 0 N–H and O–H groups in total. The lowest BCUT2D eigenvalue weighted by molar-refractivity contribution is -0.257. The lowest BCUT2D eigenvalue weighted by Crippen LogP contribution is -2.07. The van der Waals surface area contributed by atoms with E-state index >= 15 is 0 Å². The Morgan fingerprint density at radius 2 is 2.14 bits per heavy atom. The average Bonchev–Trinajstić information content (AvgIpc) is 2.22. The Hall–Kier alpha value is -0.150. The van der Waals surface area contributed by atoms with Gasteiger partial charge in [0.15, 0.2) is 0 Å². The highest BCUT2D eigenvalue weighted by molar-refractivity contribution is 8.01. The Morgan fingerprint density at radius 3 is 2.71 bits per heavy atom. The van der Waals surface area contributed by atoms with E-state index in [0.717, 1.165) is 6.42 Å². The fraction of sp³-hybridized carbons (Fsp3) is 0.818. The minimum absolute atomic E-state index is 0.637. The monoisotopic (exact) mass is 218 g/mol. The van der Waals surface area contributed by atoms with Gasteiger partial charge in [0.05, 0.1) is 6.61 Å². The Bertz CT molecular complexity index is 137. The van der Waals surface area contributed by atoms with Gasteiger partial charge in [-0.05, 0) is 18.6 Å². The molecule has 0 aromatic heterocycles. The molecule has 0 aromatic rings. The van der Waals surface area contributed by atoms with Crippen LogP contribution in [0.3, 0.4) is 0 Å². The summed E-state index contributed by atoms with van der Waals surface area (Å²) in [5, 5.41) is 1.85. The third kappa shape index (κ3) is 8.45. The summed E-state index contributed by atoms with van der Waals surface area (Å²) in [7, 11) is 0. The number of hydrogen-bond donors (Lipinski definition) is 0. The minimum atomic E-state index is 0.637. The summed E-state index contributed by atoms with van der Waals surface area (Å²) in [4.78, 5) is 9.97. The van der Waals surface area contributed by atoms with E-state index in [1.165, 1.54) is 19.3 Å². The van der Waals surface area contributed by atoms with Crippen LogP contribution in [0.15, 0.2) is 11.7 Å². The molecule has 0 aliphatic carbocycles. The molecule has 1 unspecified atom stereocenters. The molecule has 84 valence electrons. The Kier molecular flexibility index (Phi) is 10.8. The molecule has 14 heavy (non-hydrogen) atoms. The van der Waals surface area contributed by atoms with Crippen LogP contribution >= 0.6 is 11.8 Å². The highest BCUT2D eigenvalue weighted by Crippen LogP contribution is 2.12. The first kappa shape index (κ1) is 13.8. The molecule has 1 atom stereocenters. The van der Waals surface area contributed by atoms with E-state index in [-0.39, 0.29) is 0 Å². The van der Waals surface area contributed by atoms with Gasteiger partial charge >= 0.3 is 0 Å². The predicted octanol–water partition coefficient (Wildman–Crippen LogP) is 3.99. The van der Waals surface area contributed by atoms with E-state index in [4.69, 9.17) is 9.78 Å². The fourth-order valence-electron chi connectivity index (χ4n) is 1.15. The van der Waals surface area contributed by atoms with Crippen molar-refractivity contribution in [3.05, 3.63) is 11.7 Å². The fourth-order valence-corrected chi connectivity index (χ4v) is 1.31. The van der Waals surface area contributed by atoms with E-state index < -0.39 is 0 Å². The Morgan fingerprint density at radius 1 is 1.36 bits per heavy atom. The van der Waals surface area contributed by atoms with Crippen LogP contribution in [0.25, 0.3) is 0 Å². The predicted molar refractivity (Wildman–Crippen MR) is 63.0 cm³/mol. The van der Waals surface area contributed by atoms with Gasteiger partial charge in [0, 0.05) is 5.41 Å². The molecule has 0 heterocycles. The van der Waals surface area contributed by atoms with Crippen molar-refractivity contribution >= 4 is 11.8 Å². The van der Waals surface area contributed by atoms with Crippen molar-refractivity contribution in [2.45, 2.75) is 39.5 Å². The van der Waals surface area contributed by atoms with Crippen LogP contribution in [0, 0.1) is 5.92 Å². The van der Waals surface area contributed by atoms with Crippen LogP contribution < -0.4 is 0 Å². The summed E-state index contributed by atoms with van der Waals surface area (Å²) in [5.74, 6) is 0.637. The number of hydrogen-bond acceptors (Lipinski definition) is 3. The average molecular weight is 218 g/mol. The smallest absolute Gasteiger partial charge is 0.135 e. The van der Waals surface area contributed by atoms with Crippen molar-refractivity contribution in [3.8, 4) is 0 Å². The highest BCUT2D eigenvalue weighted by Gasteiger charge is 2.05. The molecule has 0 aliphatic heterocycles. The van der Waals surface area contributed by atoms with Gasteiger partial charge in [-0.25, -0.2) is 0 Å². The van der Waals surface area contributed by atoms with Crippen molar-refractivity contribution in [2.24, 2.45) is 5.92 Å². The van der Waals surface area contributed by atoms with Crippen molar-refractivity contribution < 1.29 is 9.78 Å². The van der Waals surface area contributed by atoms with Crippen LogP contribution in [0.4, 0.5) is 0 Å². The summed E-state index contributed by atoms with van der Waals surface area (Å²) in [6, 6.07) is 0. The van der Waals surface area contributed by atoms with Crippen LogP contribution in [0.1, 0.15) is 39.5 Å². The highest BCUT2D eigenvalue weighted by atomic mass is 32.2. The van der Waals surface area contributed by atoms with Crippen molar-refractivity contribution in [3.63, 3.8) is 0 Å². The molecule has 0 aliphatic rings. The molecule has 3 heteroatoms. The van der Waals surface area contributed by atoms with E-state index in [2.05, 4.69) is 13.8 Å². The number of rotatable bonds is 9. The quantitative estimate of drug-likeness (QED) is 0.252. The molecule has 0 bridgehead atoms. The van der Waals surface area contributed by atoms with Gasteiger partial charge in [-0.3, -0.25) is 0 Å². The summed E-state index contributed by atoms with van der Waals surface area (Å²) in [5.41, 5.74) is 0. The molecular weight excluding hydrogens is 196 g/mol. The zero-order valence-corrected chi connectivity index (χ0v) is 10.3. The topological polar surface area (TPSA) is 18.5 Å². The normalized spacial score (nSPS) is 13.4. The molecule has 0 fully saturated rings. The molecule has 0 rings (SSSR count). The molecule has 0 radical (unpaired) electrons. The van der Waals surface area contributed by atoms with E-state index in [9.17, 15) is 0 Å². The molecule has 0 amide bonds. The SMILES string of the molecule is CCCCC(CC)COOC=CSC. The standard InChI is InChI=1S/C11H22O2S/c1-4-6-7-11(5-2)10-13-12-8-9-14-3/h8-9,11H,4-7,10H2,1-3H3. The van der Waals surface area contributed by atoms with Crippen molar-refractivity contribution in [1.29, 1.82) is 0 Å². The van der Waals surface area contributed by atoms with E-state index in [1.807, 2.05) is 11.7 Å². The zero-order valence-electron chi connectivity index (χ0n) is 9.49. The molecule has 2 nitrogen and oxygen atoms in total. The van der Waals surface area contributed by atoms with Gasteiger partial charge in [0.25, 0.3) is 0 Å². The lowest BCUT2D eigenvalue weighted by Gasteiger charge is -2.12. The van der Waals surface area contributed by atoms with Gasteiger partial charge in [-0.2, -0.15) is 4.89 Å². The molecule has 0 aromatic carbocycles. The second kappa shape index (κ2) is 10.9. The van der Waals surface area contributed by atoms with Gasteiger partial charge < -0.3 is 4.89 Å². The maximum atomic E-state index is 5.09. The number of thioether (sulfide) groups is 1. The molecule has 0 saturated carbocycles. The van der Waals surface area contributed by atoms with Gasteiger partial charge in [0.2, 0.25) is 0 Å². The van der Waals surface area contributed by atoms with E-state index in [0.29, 0.717) is 12.5 Å². The van der Waals surface area contributed by atoms with Crippen molar-refractivity contribution in [2.75, 3.05) is 12.9 Å². The largest absolute Gasteiger partial charge is 0.345 e. The van der Waals surface area contributed by atoms with Crippen LogP contribution in [-0.4, -0.2) is 12.9 Å². The van der Waals surface area contributed by atoms with Gasteiger partial charge in [-0.15, -0.1) is 11.8 Å². The van der Waals surface area contributed by atoms with Crippen LogP contribution in [0.5, 0.6) is 0 Å². The van der Waals surface area contributed by atoms with Crippen LogP contribution in [-0.2, 0) is 9.78 Å². The summed E-state index contributed by atoms with van der Waals surface area (Å²) in [6.07, 6.45) is 8.50.